The summed E-state index contributed by atoms with van der Waals surface area (Å²) < 4.78 is 5.06. The van der Waals surface area contributed by atoms with Gasteiger partial charge in [-0.2, -0.15) is 0 Å². The maximum Gasteiger partial charge on any atom is 0.254 e. The smallest absolute Gasteiger partial charge is 0.254 e. The van der Waals surface area contributed by atoms with E-state index in [0.29, 0.717) is 31.8 Å². The Hall–Kier alpha value is -2.66. The van der Waals surface area contributed by atoms with Crippen molar-refractivity contribution in [1.29, 1.82) is 0 Å². The number of aryl methyl sites for hydroxylation is 2. The molecule has 1 N–H and O–H groups in total. The Morgan fingerprint density at radius 2 is 1.79 bits per heavy atom. The van der Waals surface area contributed by atoms with Crippen LogP contribution in [-0.4, -0.2) is 50.1 Å². The molecule has 1 fully saturated rings. The van der Waals surface area contributed by atoms with E-state index in [0.717, 1.165) is 17.5 Å². The number of amides is 2. The molecule has 2 amide bonds. The molecule has 2 aromatic carbocycles. The quantitative estimate of drug-likeness (QED) is 0.733. The fraction of sp³-hybridized carbons (Fsp3) is 0.417. The summed E-state index contributed by atoms with van der Waals surface area (Å²) in [6.07, 6.45) is 0.774. The summed E-state index contributed by atoms with van der Waals surface area (Å²) in [6, 6.07) is 15.9. The number of ether oxygens (including phenoxy) is 1. The summed E-state index contributed by atoms with van der Waals surface area (Å²) in [7, 11) is 1.65. The van der Waals surface area contributed by atoms with Gasteiger partial charge in [-0.1, -0.05) is 48.0 Å². The Kier molecular flexibility index (Phi) is 7.04. The van der Waals surface area contributed by atoms with Gasteiger partial charge in [-0.3, -0.25) is 9.59 Å². The SMILES string of the molecule is COCCCNC(=O)C1CN(C(=O)c2ccccc2C)CC1c1ccc(C)cc1. The van der Waals surface area contributed by atoms with Crippen molar-refractivity contribution in [1.82, 2.24) is 10.2 Å². The summed E-state index contributed by atoms with van der Waals surface area (Å²) in [4.78, 5) is 27.9. The van der Waals surface area contributed by atoms with Gasteiger partial charge in [-0.15, -0.1) is 0 Å². The van der Waals surface area contributed by atoms with Crippen molar-refractivity contribution >= 4 is 11.8 Å². The van der Waals surface area contributed by atoms with Crippen LogP contribution in [0.4, 0.5) is 0 Å². The molecular formula is C24H30N2O3. The van der Waals surface area contributed by atoms with Crippen LogP contribution in [0.15, 0.2) is 48.5 Å². The van der Waals surface area contributed by atoms with E-state index >= 15 is 0 Å². The molecule has 0 saturated carbocycles. The summed E-state index contributed by atoms with van der Waals surface area (Å²) >= 11 is 0. The highest BCUT2D eigenvalue weighted by Crippen LogP contribution is 2.34. The van der Waals surface area contributed by atoms with Gasteiger partial charge in [-0.25, -0.2) is 0 Å². The zero-order valence-electron chi connectivity index (χ0n) is 17.5. The van der Waals surface area contributed by atoms with Gasteiger partial charge in [0.25, 0.3) is 5.91 Å². The normalized spacial score (nSPS) is 18.7. The molecule has 0 spiro atoms. The van der Waals surface area contributed by atoms with Gasteiger partial charge in [-0.05, 0) is 37.5 Å². The highest BCUT2D eigenvalue weighted by molar-refractivity contribution is 5.96. The molecule has 154 valence electrons. The van der Waals surface area contributed by atoms with E-state index in [9.17, 15) is 9.59 Å². The average Bonchev–Trinajstić information content (AvgIpc) is 3.17. The van der Waals surface area contributed by atoms with E-state index in [1.807, 2.05) is 43.0 Å². The fourth-order valence-electron chi connectivity index (χ4n) is 3.93. The number of hydrogen-bond acceptors (Lipinski definition) is 3. The van der Waals surface area contributed by atoms with Crippen LogP contribution in [-0.2, 0) is 9.53 Å². The molecule has 1 aliphatic heterocycles. The van der Waals surface area contributed by atoms with Crippen LogP contribution in [0.5, 0.6) is 0 Å². The lowest BCUT2D eigenvalue weighted by Crippen LogP contribution is -2.36. The maximum atomic E-state index is 13.1. The number of hydrogen-bond donors (Lipinski definition) is 1. The standard InChI is InChI=1S/C24H30N2O3/c1-17-9-11-19(12-10-17)21-15-26(24(28)20-8-5-4-7-18(20)2)16-22(21)23(27)25-13-6-14-29-3/h4-5,7-12,21-22H,6,13-16H2,1-3H3,(H,25,27). The van der Waals surface area contributed by atoms with E-state index in [1.54, 1.807) is 7.11 Å². The molecule has 5 nitrogen and oxygen atoms in total. The summed E-state index contributed by atoms with van der Waals surface area (Å²) in [5, 5.41) is 3.02. The Morgan fingerprint density at radius 3 is 2.48 bits per heavy atom. The third kappa shape index (κ3) is 5.04. The molecule has 1 aliphatic rings. The Morgan fingerprint density at radius 1 is 1.07 bits per heavy atom. The van der Waals surface area contributed by atoms with Crippen LogP contribution in [0, 0.1) is 19.8 Å². The number of methoxy groups -OCH3 is 1. The number of benzene rings is 2. The Balaban J connectivity index is 1.79. The van der Waals surface area contributed by atoms with Crippen molar-refractivity contribution in [2.24, 2.45) is 5.92 Å². The zero-order valence-corrected chi connectivity index (χ0v) is 17.5. The van der Waals surface area contributed by atoms with Crippen molar-refractivity contribution in [2.45, 2.75) is 26.2 Å². The van der Waals surface area contributed by atoms with Crippen LogP contribution >= 0.6 is 0 Å². The van der Waals surface area contributed by atoms with Crippen molar-refractivity contribution in [3.05, 3.63) is 70.8 Å². The van der Waals surface area contributed by atoms with E-state index in [1.165, 1.54) is 5.56 Å². The first kappa shape index (κ1) is 21.1. The van der Waals surface area contributed by atoms with Gasteiger partial charge in [0.05, 0.1) is 5.92 Å². The molecule has 0 radical (unpaired) electrons. The van der Waals surface area contributed by atoms with E-state index < -0.39 is 0 Å². The second kappa shape index (κ2) is 9.70. The van der Waals surface area contributed by atoms with Crippen molar-refractivity contribution in [2.75, 3.05) is 33.4 Å². The van der Waals surface area contributed by atoms with Gasteiger partial charge in [0.1, 0.15) is 0 Å². The predicted octanol–water partition coefficient (Wildman–Crippen LogP) is 3.31. The molecule has 2 aromatic rings. The van der Waals surface area contributed by atoms with Gasteiger partial charge in [0, 0.05) is 44.8 Å². The third-order valence-electron chi connectivity index (χ3n) is 5.65. The van der Waals surface area contributed by atoms with Crippen LogP contribution in [0.1, 0.15) is 39.4 Å². The molecule has 2 atom stereocenters. The van der Waals surface area contributed by atoms with Gasteiger partial charge >= 0.3 is 0 Å². The van der Waals surface area contributed by atoms with E-state index in [4.69, 9.17) is 4.74 Å². The lowest BCUT2D eigenvalue weighted by Gasteiger charge is -2.18. The number of carbonyl (C=O) groups excluding carboxylic acids is 2. The number of rotatable bonds is 7. The highest BCUT2D eigenvalue weighted by atomic mass is 16.5. The molecule has 5 heteroatoms. The Labute approximate surface area is 173 Å². The largest absolute Gasteiger partial charge is 0.385 e. The Bertz CT molecular complexity index is 847. The monoisotopic (exact) mass is 394 g/mol. The molecular weight excluding hydrogens is 364 g/mol. The average molecular weight is 395 g/mol. The molecule has 1 heterocycles. The lowest BCUT2D eigenvalue weighted by molar-refractivity contribution is -0.124. The first-order valence-electron chi connectivity index (χ1n) is 10.2. The van der Waals surface area contributed by atoms with Crippen LogP contribution < -0.4 is 5.32 Å². The van der Waals surface area contributed by atoms with Crippen molar-refractivity contribution < 1.29 is 14.3 Å². The molecule has 29 heavy (non-hydrogen) atoms. The van der Waals surface area contributed by atoms with Crippen molar-refractivity contribution in [3.63, 3.8) is 0 Å². The first-order chi connectivity index (χ1) is 14.0. The fourth-order valence-corrected chi connectivity index (χ4v) is 3.93. The minimum Gasteiger partial charge on any atom is -0.385 e. The van der Waals surface area contributed by atoms with Gasteiger partial charge in [0.15, 0.2) is 0 Å². The van der Waals surface area contributed by atoms with E-state index in [2.05, 4.69) is 29.6 Å². The number of likely N-dealkylation sites (tertiary alicyclic amines) is 1. The molecule has 0 aliphatic carbocycles. The van der Waals surface area contributed by atoms with Crippen molar-refractivity contribution in [3.8, 4) is 0 Å². The topological polar surface area (TPSA) is 58.6 Å². The number of nitrogens with zero attached hydrogens (tertiary/aromatic N) is 1. The minimum absolute atomic E-state index is 0.00473. The summed E-state index contributed by atoms with van der Waals surface area (Å²) in [5.41, 5.74) is 3.95. The molecule has 0 bridgehead atoms. The molecule has 0 aromatic heterocycles. The first-order valence-corrected chi connectivity index (χ1v) is 10.2. The summed E-state index contributed by atoms with van der Waals surface area (Å²) in [5.74, 6) is -0.263. The van der Waals surface area contributed by atoms with Crippen LogP contribution in [0.25, 0.3) is 0 Å². The van der Waals surface area contributed by atoms with Crippen LogP contribution in [0.3, 0.4) is 0 Å². The molecule has 2 unspecified atom stereocenters. The lowest BCUT2D eigenvalue weighted by atomic mass is 9.88. The minimum atomic E-state index is -0.256. The maximum absolute atomic E-state index is 13.1. The molecule has 3 rings (SSSR count). The molecule has 1 saturated heterocycles. The zero-order chi connectivity index (χ0) is 20.8. The second-order valence-electron chi connectivity index (χ2n) is 7.79. The van der Waals surface area contributed by atoms with Gasteiger partial charge < -0.3 is 15.0 Å². The number of carbonyl (C=O) groups is 2. The van der Waals surface area contributed by atoms with E-state index in [-0.39, 0.29) is 23.7 Å². The summed E-state index contributed by atoms with van der Waals surface area (Å²) in [6.45, 7) is 6.17. The second-order valence-corrected chi connectivity index (χ2v) is 7.79. The van der Waals surface area contributed by atoms with Crippen LogP contribution in [0.2, 0.25) is 0 Å². The highest BCUT2D eigenvalue weighted by Gasteiger charge is 2.40. The third-order valence-corrected chi connectivity index (χ3v) is 5.65. The van der Waals surface area contributed by atoms with Gasteiger partial charge in [0.2, 0.25) is 5.91 Å². The predicted molar refractivity (Wildman–Crippen MR) is 114 cm³/mol. The number of nitrogens with one attached hydrogen (secondary N) is 1.